The highest BCUT2D eigenvalue weighted by molar-refractivity contribution is 5.78. The van der Waals surface area contributed by atoms with Crippen molar-refractivity contribution >= 4 is 5.91 Å². The van der Waals surface area contributed by atoms with Crippen LogP contribution in [0.2, 0.25) is 0 Å². The Balaban J connectivity index is 2.20. The lowest BCUT2D eigenvalue weighted by Crippen LogP contribution is -2.45. The summed E-state index contributed by atoms with van der Waals surface area (Å²) in [6.07, 6.45) is 4.24. The van der Waals surface area contributed by atoms with Crippen LogP contribution in [0.1, 0.15) is 31.2 Å². The molecule has 1 aliphatic rings. The molecule has 0 heterocycles. The van der Waals surface area contributed by atoms with Crippen molar-refractivity contribution in [1.82, 2.24) is 5.32 Å². The van der Waals surface area contributed by atoms with Crippen LogP contribution in [0.3, 0.4) is 0 Å². The zero-order chi connectivity index (χ0) is 13.7. The van der Waals surface area contributed by atoms with Crippen LogP contribution in [-0.4, -0.2) is 26.7 Å². The van der Waals surface area contributed by atoms with E-state index in [9.17, 15) is 4.79 Å². The van der Waals surface area contributed by atoms with E-state index in [1.807, 2.05) is 24.3 Å². The Bertz CT molecular complexity index is 422. The summed E-state index contributed by atoms with van der Waals surface area (Å²) in [4.78, 5) is 11.8. The smallest absolute Gasteiger partial charge is 0.246 e. The van der Waals surface area contributed by atoms with Crippen molar-refractivity contribution in [3.8, 4) is 5.75 Å². The number of carbonyl (C=O) groups excluding carboxylic acids is 1. The molecule has 1 amide bonds. The summed E-state index contributed by atoms with van der Waals surface area (Å²) in [7, 11) is 3.19. The molecule has 1 fully saturated rings. The molecule has 1 N–H and O–H groups in total. The van der Waals surface area contributed by atoms with Crippen LogP contribution in [0.15, 0.2) is 24.3 Å². The molecule has 0 spiro atoms. The first kappa shape index (κ1) is 13.9. The Morgan fingerprint density at radius 3 is 2.37 bits per heavy atom. The average Bonchev–Trinajstić information content (AvgIpc) is 2.89. The fourth-order valence-corrected chi connectivity index (χ4v) is 2.81. The van der Waals surface area contributed by atoms with Gasteiger partial charge in [0.25, 0.3) is 0 Å². The molecule has 2 rings (SSSR count). The van der Waals surface area contributed by atoms with Crippen molar-refractivity contribution in [1.29, 1.82) is 0 Å². The predicted molar refractivity (Wildman–Crippen MR) is 73.2 cm³/mol. The number of rotatable bonds is 5. The van der Waals surface area contributed by atoms with Gasteiger partial charge in [0.05, 0.1) is 12.6 Å². The number of carbonyl (C=O) groups is 1. The maximum Gasteiger partial charge on any atom is 0.246 e. The molecule has 0 aliphatic heterocycles. The highest BCUT2D eigenvalue weighted by atomic mass is 16.5. The predicted octanol–water partition coefficient (Wildman–Crippen LogP) is 2.23. The monoisotopic (exact) mass is 263 g/mol. The second-order valence-electron chi connectivity index (χ2n) is 5.00. The van der Waals surface area contributed by atoms with Crippen LogP contribution >= 0.6 is 0 Å². The van der Waals surface area contributed by atoms with E-state index in [0.717, 1.165) is 37.0 Å². The quantitative estimate of drug-likeness (QED) is 0.886. The Labute approximate surface area is 114 Å². The van der Waals surface area contributed by atoms with Gasteiger partial charge in [0.15, 0.2) is 0 Å². The van der Waals surface area contributed by atoms with Gasteiger partial charge in [0.2, 0.25) is 5.91 Å². The van der Waals surface area contributed by atoms with Crippen molar-refractivity contribution in [2.24, 2.45) is 0 Å². The standard InChI is InChI=1S/C15H21NO3/c1-18-11-14(17)16-15(9-3-4-10-15)12-5-7-13(19-2)8-6-12/h5-8H,3-4,9-11H2,1-2H3,(H,16,17). The minimum Gasteiger partial charge on any atom is -0.497 e. The number of ether oxygens (including phenoxy) is 2. The summed E-state index contributed by atoms with van der Waals surface area (Å²) >= 11 is 0. The summed E-state index contributed by atoms with van der Waals surface area (Å²) < 4.78 is 10.1. The summed E-state index contributed by atoms with van der Waals surface area (Å²) in [6.45, 7) is 0.109. The molecular formula is C15H21NO3. The lowest BCUT2D eigenvalue weighted by molar-refractivity contribution is -0.126. The molecule has 1 aromatic rings. The van der Waals surface area contributed by atoms with Crippen molar-refractivity contribution in [3.05, 3.63) is 29.8 Å². The molecule has 1 aromatic carbocycles. The Hall–Kier alpha value is -1.55. The van der Waals surface area contributed by atoms with Gasteiger partial charge in [-0.15, -0.1) is 0 Å². The fourth-order valence-electron chi connectivity index (χ4n) is 2.81. The van der Waals surface area contributed by atoms with E-state index < -0.39 is 0 Å². The number of amides is 1. The molecule has 4 heteroatoms. The van der Waals surface area contributed by atoms with Gasteiger partial charge in [-0.3, -0.25) is 4.79 Å². The van der Waals surface area contributed by atoms with Crippen molar-refractivity contribution in [3.63, 3.8) is 0 Å². The SMILES string of the molecule is COCC(=O)NC1(c2ccc(OC)cc2)CCCC1. The highest BCUT2D eigenvalue weighted by Crippen LogP contribution is 2.39. The molecule has 1 saturated carbocycles. The van der Waals surface area contributed by atoms with Crippen LogP contribution < -0.4 is 10.1 Å². The second kappa shape index (κ2) is 6.06. The topological polar surface area (TPSA) is 47.6 Å². The molecule has 0 aromatic heterocycles. The van der Waals surface area contributed by atoms with E-state index in [-0.39, 0.29) is 18.1 Å². The Morgan fingerprint density at radius 2 is 1.84 bits per heavy atom. The minimum atomic E-state index is -0.234. The fraction of sp³-hybridized carbons (Fsp3) is 0.533. The van der Waals surface area contributed by atoms with Gasteiger partial charge in [0.1, 0.15) is 12.4 Å². The summed E-state index contributed by atoms with van der Waals surface area (Å²) in [5, 5.41) is 3.14. The van der Waals surface area contributed by atoms with E-state index in [4.69, 9.17) is 9.47 Å². The number of nitrogens with one attached hydrogen (secondary N) is 1. The molecule has 0 radical (unpaired) electrons. The van der Waals surface area contributed by atoms with Gasteiger partial charge in [-0.05, 0) is 30.5 Å². The van der Waals surface area contributed by atoms with E-state index >= 15 is 0 Å². The van der Waals surface area contributed by atoms with E-state index in [0.29, 0.717) is 0 Å². The number of hydrogen-bond donors (Lipinski definition) is 1. The van der Waals surface area contributed by atoms with Crippen LogP contribution in [0, 0.1) is 0 Å². The van der Waals surface area contributed by atoms with E-state index in [1.165, 1.54) is 7.11 Å². The molecule has 0 saturated heterocycles. The third-order valence-electron chi connectivity index (χ3n) is 3.75. The molecule has 19 heavy (non-hydrogen) atoms. The maximum absolute atomic E-state index is 11.8. The first-order valence-electron chi connectivity index (χ1n) is 6.65. The summed E-state index contributed by atoms with van der Waals surface area (Å²) in [5.74, 6) is 0.778. The Morgan fingerprint density at radius 1 is 1.21 bits per heavy atom. The first-order chi connectivity index (χ1) is 9.20. The number of benzene rings is 1. The van der Waals surface area contributed by atoms with Crippen LogP contribution in [0.5, 0.6) is 5.75 Å². The van der Waals surface area contributed by atoms with Gasteiger partial charge < -0.3 is 14.8 Å². The molecule has 0 unspecified atom stereocenters. The van der Waals surface area contributed by atoms with Crippen molar-refractivity contribution in [2.45, 2.75) is 31.2 Å². The van der Waals surface area contributed by atoms with Crippen LogP contribution in [-0.2, 0) is 15.1 Å². The lowest BCUT2D eigenvalue weighted by Gasteiger charge is -2.31. The zero-order valence-electron chi connectivity index (χ0n) is 11.6. The van der Waals surface area contributed by atoms with Crippen molar-refractivity contribution < 1.29 is 14.3 Å². The third kappa shape index (κ3) is 3.07. The molecule has 4 nitrogen and oxygen atoms in total. The van der Waals surface area contributed by atoms with Gasteiger partial charge in [0, 0.05) is 7.11 Å². The second-order valence-corrected chi connectivity index (χ2v) is 5.00. The number of hydrogen-bond acceptors (Lipinski definition) is 3. The normalized spacial score (nSPS) is 17.2. The Kier molecular flexibility index (Phi) is 4.43. The molecular weight excluding hydrogens is 242 g/mol. The average molecular weight is 263 g/mol. The van der Waals surface area contributed by atoms with Crippen LogP contribution in [0.4, 0.5) is 0 Å². The largest absolute Gasteiger partial charge is 0.497 e. The van der Waals surface area contributed by atoms with E-state index in [1.54, 1.807) is 7.11 Å². The molecule has 0 bridgehead atoms. The third-order valence-corrected chi connectivity index (χ3v) is 3.75. The molecule has 104 valence electrons. The lowest BCUT2D eigenvalue weighted by atomic mass is 9.88. The maximum atomic E-state index is 11.8. The van der Waals surface area contributed by atoms with Gasteiger partial charge >= 0.3 is 0 Å². The first-order valence-corrected chi connectivity index (χ1v) is 6.65. The molecule has 0 atom stereocenters. The van der Waals surface area contributed by atoms with Gasteiger partial charge in [-0.1, -0.05) is 25.0 Å². The van der Waals surface area contributed by atoms with E-state index in [2.05, 4.69) is 5.32 Å². The number of methoxy groups -OCH3 is 2. The summed E-state index contributed by atoms with van der Waals surface area (Å²) in [5.41, 5.74) is 0.914. The van der Waals surface area contributed by atoms with Gasteiger partial charge in [-0.2, -0.15) is 0 Å². The summed E-state index contributed by atoms with van der Waals surface area (Å²) in [6, 6.07) is 7.96. The van der Waals surface area contributed by atoms with Crippen LogP contribution in [0.25, 0.3) is 0 Å². The molecule has 1 aliphatic carbocycles. The zero-order valence-corrected chi connectivity index (χ0v) is 11.6. The van der Waals surface area contributed by atoms with Gasteiger partial charge in [-0.25, -0.2) is 0 Å². The minimum absolute atomic E-state index is 0.0554. The van der Waals surface area contributed by atoms with Crippen molar-refractivity contribution in [2.75, 3.05) is 20.8 Å². The highest BCUT2D eigenvalue weighted by Gasteiger charge is 2.36.